The maximum atomic E-state index is 12.5. The lowest BCUT2D eigenvalue weighted by molar-refractivity contribution is -0.142. The van der Waals surface area contributed by atoms with Gasteiger partial charge in [0.05, 0.1) is 17.4 Å². The van der Waals surface area contributed by atoms with Crippen molar-refractivity contribution in [3.05, 3.63) is 23.9 Å². The molecule has 1 saturated heterocycles. The fourth-order valence-corrected chi connectivity index (χ4v) is 2.87. The molecule has 2 atom stereocenters. The zero-order chi connectivity index (χ0) is 17.5. The van der Waals surface area contributed by atoms with Crippen molar-refractivity contribution in [1.29, 1.82) is 0 Å². The van der Waals surface area contributed by atoms with Crippen LogP contribution < -0.4 is 4.90 Å². The smallest absolute Gasteiger partial charge is 0.417 e. The van der Waals surface area contributed by atoms with E-state index in [4.69, 9.17) is 5.11 Å². The average molecular weight is 343 g/mol. The Balaban J connectivity index is 1.55. The summed E-state index contributed by atoms with van der Waals surface area (Å²) in [4.78, 5) is 30.3. The topological polar surface area (TPSA) is 73.7 Å². The fraction of sp³-hybridized carbons (Fsp3) is 0.533. The molecule has 1 aromatic heterocycles. The molecule has 0 bridgehead atoms. The molecule has 1 aliphatic heterocycles. The molecule has 0 aromatic carbocycles. The molecule has 9 heteroatoms. The maximum absolute atomic E-state index is 12.5. The summed E-state index contributed by atoms with van der Waals surface area (Å²) in [6, 6.07) is 2.31. The molecule has 2 heterocycles. The van der Waals surface area contributed by atoms with Crippen molar-refractivity contribution in [2.75, 3.05) is 31.1 Å². The van der Waals surface area contributed by atoms with Gasteiger partial charge in [0.1, 0.15) is 5.82 Å². The van der Waals surface area contributed by atoms with Gasteiger partial charge in [-0.25, -0.2) is 4.98 Å². The minimum atomic E-state index is -4.42. The molecule has 1 aromatic rings. The van der Waals surface area contributed by atoms with Crippen LogP contribution in [0.5, 0.6) is 0 Å². The van der Waals surface area contributed by atoms with Crippen LogP contribution in [0.25, 0.3) is 0 Å². The zero-order valence-corrected chi connectivity index (χ0v) is 12.7. The molecule has 1 amide bonds. The fourth-order valence-electron chi connectivity index (χ4n) is 2.87. The summed E-state index contributed by atoms with van der Waals surface area (Å²) < 4.78 is 37.6. The van der Waals surface area contributed by atoms with Crippen molar-refractivity contribution in [2.45, 2.75) is 12.6 Å². The highest BCUT2D eigenvalue weighted by atomic mass is 19.4. The number of carboxylic acids is 1. The van der Waals surface area contributed by atoms with E-state index in [9.17, 15) is 22.8 Å². The van der Waals surface area contributed by atoms with Gasteiger partial charge in [0, 0.05) is 32.4 Å². The van der Waals surface area contributed by atoms with Gasteiger partial charge in [-0.05, 0) is 18.6 Å². The van der Waals surface area contributed by atoms with Crippen LogP contribution in [0.15, 0.2) is 18.3 Å². The number of aliphatic carboxylic acids is 1. The Kier molecular flexibility index (Phi) is 4.10. The van der Waals surface area contributed by atoms with Crippen LogP contribution in [-0.4, -0.2) is 53.0 Å². The van der Waals surface area contributed by atoms with Gasteiger partial charge in [0.2, 0.25) is 5.91 Å². The summed E-state index contributed by atoms with van der Waals surface area (Å²) in [5.74, 6) is -1.67. The number of piperazine rings is 1. The number of anilines is 1. The van der Waals surface area contributed by atoms with Gasteiger partial charge in [0.25, 0.3) is 0 Å². The summed E-state index contributed by atoms with van der Waals surface area (Å²) in [7, 11) is 0. The first-order valence-electron chi connectivity index (χ1n) is 7.57. The van der Waals surface area contributed by atoms with Gasteiger partial charge >= 0.3 is 12.1 Å². The molecular weight excluding hydrogens is 327 g/mol. The highest BCUT2D eigenvalue weighted by molar-refractivity contribution is 5.89. The average Bonchev–Trinajstić information content (AvgIpc) is 3.34. The van der Waals surface area contributed by atoms with Crippen molar-refractivity contribution < 1.29 is 27.9 Å². The highest BCUT2D eigenvalue weighted by Gasteiger charge is 2.50. The van der Waals surface area contributed by atoms with Gasteiger partial charge in [-0.1, -0.05) is 0 Å². The van der Waals surface area contributed by atoms with Gasteiger partial charge in [-0.15, -0.1) is 0 Å². The Labute approximate surface area is 135 Å². The van der Waals surface area contributed by atoms with E-state index in [0.29, 0.717) is 38.4 Å². The van der Waals surface area contributed by atoms with Gasteiger partial charge in [0.15, 0.2) is 0 Å². The van der Waals surface area contributed by atoms with Crippen LogP contribution in [0.4, 0.5) is 19.0 Å². The number of halogens is 3. The number of alkyl halides is 3. The molecule has 0 unspecified atom stereocenters. The Morgan fingerprint density at radius 3 is 2.25 bits per heavy atom. The predicted octanol–water partition coefficient (Wildman–Crippen LogP) is 1.47. The van der Waals surface area contributed by atoms with Crippen LogP contribution in [-0.2, 0) is 15.8 Å². The van der Waals surface area contributed by atoms with E-state index in [2.05, 4.69) is 4.98 Å². The molecule has 6 nitrogen and oxygen atoms in total. The van der Waals surface area contributed by atoms with Gasteiger partial charge in [-0.3, -0.25) is 9.59 Å². The number of pyridine rings is 1. The Morgan fingerprint density at radius 1 is 1.12 bits per heavy atom. The van der Waals surface area contributed by atoms with E-state index in [1.807, 2.05) is 4.90 Å². The number of carboxylic acid groups (broad SMARTS) is 1. The van der Waals surface area contributed by atoms with Gasteiger partial charge < -0.3 is 14.9 Å². The Bertz CT molecular complexity index is 640. The van der Waals surface area contributed by atoms with Crippen LogP contribution in [0, 0.1) is 11.8 Å². The normalized spacial score (nSPS) is 24.0. The van der Waals surface area contributed by atoms with Crippen LogP contribution in [0.3, 0.4) is 0 Å². The maximum Gasteiger partial charge on any atom is 0.417 e. The van der Waals surface area contributed by atoms with E-state index in [1.54, 1.807) is 4.90 Å². The summed E-state index contributed by atoms with van der Waals surface area (Å²) >= 11 is 0. The lowest BCUT2D eigenvalue weighted by atomic mass is 10.2. The number of aromatic nitrogens is 1. The molecule has 1 saturated carbocycles. The van der Waals surface area contributed by atoms with Crippen LogP contribution in [0.1, 0.15) is 12.0 Å². The minimum absolute atomic E-state index is 0.151. The molecule has 1 N–H and O–H groups in total. The first-order chi connectivity index (χ1) is 11.3. The second-order valence-electron chi connectivity index (χ2n) is 6.00. The number of rotatable bonds is 3. The minimum Gasteiger partial charge on any atom is -0.481 e. The molecular formula is C15H16F3N3O3. The number of carbonyl (C=O) groups excluding carboxylic acids is 1. The molecule has 0 radical (unpaired) electrons. The van der Waals surface area contributed by atoms with Crippen molar-refractivity contribution in [1.82, 2.24) is 9.88 Å². The van der Waals surface area contributed by atoms with Crippen LogP contribution >= 0.6 is 0 Å². The SMILES string of the molecule is O=C(O)[C@H]1C[C@H]1C(=O)N1CCN(c2ccc(C(F)(F)F)cn2)CC1. The lowest BCUT2D eigenvalue weighted by Crippen LogP contribution is -2.49. The summed E-state index contributed by atoms with van der Waals surface area (Å²) in [5.41, 5.74) is -0.798. The number of amides is 1. The molecule has 3 rings (SSSR count). The van der Waals surface area contributed by atoms with Gasteiger partial charge in [-0.2, -0.15) is 13.2 Å². The molecule has 0 spiro atoms. The number of hydrogen-bond acceptors (Lipinski definition) is 4. The summed E-state index contributed by atoms with van der Waals surface area (Å²) in [6.45, 7) is 1.72. The standard InChI is InChI=1S/C15H16F3N3O3/c16-15(17,18)9-1-2-12(19-8-9)20-3-5-21(6-4-20)13(22)10-7-11(10)14(23)24/h1-2,8,10-11H,3-7H2,(H,23,24)/t10-,11+/m1/s1. The second-order valence-corrected chi connectivity index (χ2v) is 6.00. The van der Waals surface area contributed by atoms with E-state index in [1.165, 1.54) is 6.07 Å². The zero-order valence-electron chi connectivity index (χ0n) is 12.7. The number of nitrogens with zero attached hydrogens (tertiary/aromatic N) is 3. The van der Waals surface area contributed by atoms with E-state index in [0.717, 1.165) is 12.3 Å². The summed E-state index contributed by atoms with van der Waals surface area (Å²) in [6.07, 6.45) is -3.23. The first-order valence-corrected chi connectivity index (χ1v) is 7.57. The number of hydrogen-bond donors (Lipinski definition) is 1. The molecule has 2 fully saturated rings. The third-order valence-electron chi connectivity index (χ3n) is 4.42. The Morgan fingerprint density at radius 2 is 1.79 bits per heavy atom. The van der Waals surface area contributed by atoms with Crippen LogP contribution in [0.2, 0.25) is 0 Å². The largest absolute Gasteiger partial charge is 0.481 e. The molecule has 24 heavy (non-hydrogen) atoms. The molecule has 130 valence electrons. The highest BCUT2D eigenvalue weighted by Crippen LogP contribution is 2.40. The Hall–Kier alpha value is -2.32. The third kappa shape index (κ3) is 3.29. The second kappa shape index (κ2) is 5.95. The van der Waals surface area contributed by atoms with E-state index in [-0.39, 0.29) is 5.91 Å². The number of carbonyl (C=O) groups is 2. The first kappa shape index (κ1) is 16.5. The van der Waals surface area contributed by atoms with Crippen molar-refractivity contribution in [3.63, 3.8) is 0 Å². The lowest BCUT2D eigenvalue weighted by Gasteiger charge is -2.35. The summed E-state index contributed by atoms with van der Waals surface area (Å²) in [5, 5.41) is 8.87. The van der Waals surface area contributed by atoms with E-state index >= 15 is 0 Å². The van der Waals surface area contributed by atoms with Crippen molar-refractivity contribution >= 4 is 17.7 Å². The van der Waals surface area contributed by atoms with Crippen molar-refractivity contribution in [3.8, 4) is 0 Å². The quantitative estimate of drug-likeness (QED) is 0.900. The monoisotopic (exact) mass is 343 g/mol. The molecule has 2 aliphatic rings. The molecule has 1 aliphatic carbocycles. The third-order valence-corrected chi connectivity index (χ3v) is 4.42. The predicted molar refractivity (Wildman–Crippen MR) is 77.3 cm³/mol. The van der Waals surface area contributed by atoms with E-state index < -0.39 is 29.5 Å². The van der Waals surface area contributed by atoms with Crippen molar-refractivity contribution in [2.24, 2.45) is 11.8 Å².